The number of anilines is 2. The number of pyridine rings is 2. The topological polar surface area (TPSA) is 87.5 Å². The number of fused-ring (bicyclic) bond motifs is 1. The monoisotopic (exact) mass is 557 g/mol. The Morgan fingerprint density at radius 1 is 1.00 bits per heavy atom. The molecule has 1 aliphatic heterocycles. The summed E-state index contributed by atoms with van der Waals surface area (Å²) >= 11 is 0. The van der Waals surface area contributed by atoms with Gasteiger partial charge in [0.25, 0.3) is 11.5 Å². The quantitative estimate of drug-likeness (QED) is 0.378. The molecule has 1 saturated heterocycles. The summed E-state index contributed by atoms with van der Waals surface area (Å²) < 4.78 is 14.0. The maximum absolute atomic E-state index is 13.6. The Morgan fingerprint density at radius 3 is 2.42 bits per heavy atom. The molecule has 2 aromatic carbocycles. The van der Waals surface area contributed by atoms with Crippen LogP contribution in [0.5, 0.6) is 0 Å². The van der Waals surface area contributed by atoms with E-state index in [1.54, 1.807) is 23.1 Å². The fourth-order valence-electron chi connectivity index (χ4n) is 5.50. The molecular weight excluding hydrogens is 522 g/mol. The van der Waals surface area contributed by atoms with E-state index in [0.717, 1.165) is 38.6 Å². The second kappa shape index (κ2) is 11.3. The van der Waals surface area contributed by atoms with Gasteiger partial charge in [0, 0.05) is 62.8 Å². The molecule has 0 saturated carbocycles. The maximum atomic E-state index is 13.6. The minimum absolute atomic E-state index is 0.0106. The van der Waals surface area contributed by atoms with Crippen molar-refractivity contribution >= 4 is 39.0 Å². The Kier molecular flexibility index (Phi) is 7.76. The van der Waals surface area contributed by atoms with Gasteiger partial charge in [-0.15, -0.1) is 0 Å². The molecule has 2 atom stereocenters. The Labute approximate surface area is 237 Å². The molecule has 0 aliphatic carbocycles. The van der Waals surface area contributed by atoms with Gasteiger partial charge < -0.3 is 15.1 Å². The van der Waals surface area contributed by atoms with E-state index in [2.05, 4.69) is 34.3 Å². The van der Waals surface area contributed by atoms with Gasteiger partial charge in [0.2, 0.25) is 0 Å². The molecule has 4 aromatic rings. The normalized spacial score (nSPS) is 15.2. The number of para-hydroxylation sites is 1. The summed E-state index contributed by atoms with van der Waals surface area (Å²) in [6.07, 6.45) is 3.37. The second-order valence-electron chi connectivity index (χ2n) is 10.4. The van der Waals surface area contributed by atoms with Gasteiger partial charge in [0.1, 0.15) is 5.82 Å². The predicted octanol–water partition coefficient (Wildman–Crippen LogP) is 4.42. The highest BCUT2D eigenvalue weighted by atomic mass is 32.2. The zero-order valence-corrected chi connectivity index (χ0v) is 24.4. The number of benzene rings is 2. The third-order valence-corrected chi connectivity index (χ3v) is 8.65. The zero-order valence-electron chi connectivity index (χ0n) is 23.6. The molecule has 1 unspecified atom stereocenters. The summed E-state index contributed by atoms with van der Waals surface area (Å²) in [4.78, 5) is 35.8. The van der Waals surface area contributed by atoms with E-state index in [0.29, 0.717) is 37.1 Å². The van der Waals surface area contributed by atoms with E-state index in [1.165, 1.54) is 0 Å². The van der Waals surface area contributed by atoms with Crippen LogP contribution in [-0.4, -0.2) is 57.0 Å². The van der Waals surface area contributed by atoms with Crippen LogP contribution in [0.2, 0.25) is 0 Å². The number of carbonyl (C=O) groups is 1. The molecule has 1 N–H and O–H groups in total. The van der Waals surface area contributed by atoms with E-state index in [4.69, 9.17) is 0 Å². The van der Waals surface area contributed by atoms with Crippen molar-refractivity contribution in [2.75, 3.05) is 42.7 Å². The van der Waals surface area contributed by atoms with Gasteiger partial charge in [-0.2, -0.15) is 0 Å². The number of amides is 1. The van der Waals surface area contributed by atoms with Crippen molar-refractivity contribution in [3.8, 4) is 0 Å². The summed E-state index contributed by atoms with van der Waals surface area (Å²) in [6.45, 7) is 8.27. The van der Waals surface area contributed by atoms with Gasteiger partial charge in [-0.25, -0.2) is 0 Å². The smallest absolute Gasteiger partial charge is 0.259 e. The first kappa shape index (κ1) is 27.6. The molecule has 8 nitrogen and oxygen atoms in total. The second-order valence-corrected chi connectivity index (χ2v) is 11.8. The molecule has 5 rings (SSSR count). The molecule has 1 amide bonds. The van der Waals surface area contributed by atoms with E-state index >= 15 is 0 Å². The summed E-state index contributed by atoms with van der Waals surface area (Å²) in [7, 11) is 0.677. The van der Waals surface area contributed by atoms with Gasteiger partial charge in [0.15, 0.2) is 0 Å². The summed E-state index contributed by atoms with van der Waals surface area (Å²) in [5, 5.41) is 5.10. The van der Waals surface area contributed by atoms with E-state index in [1.807, 2.05) is 62.2 Å². The van der Waals surface area contributed by atoms with Gasteiger partial charge in [-0.05, 0) is 73.7 Å². The molecule has 0 spiro atoms. The lowest BCUT2D eigenvalue weighted by Crippen LogP contribution is -2.50. The van der Waals surface area contributed by atoms with Gasteiger partial charge in [-0.1, -0.05) is 18.2 Å². The maximum Gasteiger partial charge on any atom is 0.259 e. The summed E-state index contributed by atoms with van der Waals surface area (Å²) in [6, 6.07) is 17.2. The highest BCUT2D eigenvalue weighted by Crippen LogP contribution is 2.31. The molecule has 1 fully saturated rings. The standard InChI is InChI=1S/C31H35N5O3S/c1-20-17-24(22(3)33-27-10-6-7-11-28(27)40(5)39)25-19-29(34(4)30(37)26(25)18-20)35-13-15-36(16-14-35)31(38)23-9-8-12-32-21(23)2/h6-12,17-19,22,33H,13-16H2,1-5H3/t22-,40?/m1/s1. The fraction of sp³-hybridized carbons (Fsp3) is 0.323. The van der Waals surface area contributed by atoms with Crippen molar-refractivity contribution in [3.05, 3.63) is 93.5 Å². The third kappa shape index (κ3) is 5.25. The number of nitrogens with one attached hydrogen (secondary N) is 1. The van der Waals surface area contributed by atoms with Crippen molar-refractivity contribution in [1.82, 2.24) is 14.5 Å². The number of piperazine rings is 1. The van der Waals surface area contributed by atoms with Crippen molar-refractivity contribution in [3.63, 3.8) is 0 Å². The lowest BCUT2D eigenvalue weighted by molar-refractivity contribution is 0.0745. The van der Waals surface area contributed by atoms with Crippen LogP contribution >= 0.6 is 0 Å². The summed E-state index contributed by atoms with van der Waals surface area (Å²) in [5.74, 6) is 0.818. The first-order valence-corrected chi connectivity index (χ1v) is 15.0. The number of aromatic nitrogens is 2. The molecule has 40 heavy (non-hydrogen) atoms. The van der Waals surface area contributed by atoms with Crippen molar-refractivity contribution in [2.24, 2.45) is 7.05 Å². The van der Waals surface area contributed by atoms with Crippen LogP contribution in [0.4, 0.5) is 11.5 Å². The molecular formula is C31H35N5O3S. The van der Waals surface area contributed by atoms with Crippen molar-refractivity contribution in [1.29, 1.82) is 0 Å². The lowest BCUT2D eigenvalue weighted by atomic mass is 9.97. The Hall–Kier alpha value is -3.98. The van der Waals surface area contributed by atoms with Crippen LogP contribution in [0.1, 0.15) is 40.1 Å². The molecule has 2 aromatic heterocycles. The van der Waals surface area contributed by atoms with Gasteiger partial charge in [0.05, 0.1) is 26.9 Å². The largest absolute Gasteiger partial charge is 0.378 e. The Morgan fingerprint density at radius 2 is 1.73 bits per heavy atom. The Balaban J connectivity index is 1.46. The van der Waals surface area contributed by atoms with Crippen LogP contribution in [-0.2, 0) is 17.8 Å². The van der Waals surface area contributed by atoms with Crippen molar-refractivity contribution < 1.29 is 9.00 Å². The number of nitrogens with zero attached hydrogens (tertiary/aromatic N) is 4. The number of carbonyl (C=O) groups excluding carboxylic acids is 1. The van der Waals surface area contributed by atoms with Gasteiger partial charge >= 0.3 is 0 Å². The van der Waals surface area contributed by atoms with Crippen LogP contribution in [0, 0.1) is 13.8 Å². The molecule has 0 bridgehead atoms. The zero-order chi connectivity index (χ0) is 28.6. The van der Waals surface area contributed by atoms with Crippen LogP contribution in [0.3, 0.4) is 0 Å². The molecule has 3 heterocycles. The highest BCUT2D eigenvalue weighted by Gasteiger charge is 2.26. The fourth-order valence-corrected chi connectivity index (χ4v) is 6.21. The van der Waals surface area contributed by atoms with E-state index in [9.17, 15) is 13.8 Å². The Bertz CT molecular complexity index is 1670. The molecule has 208 valence electrons. The SMILES string of the molecule is Cc1cc([C@@H](C)Nc2ccccc2S(C)=O)c2cc(N3CCN(C(=O)c4cccnc4C)CC3)n(C)c(=O)c2c1. The average Bonchev–Trinajstić information content (AvgIpc) is 2.95. The average molecular weight is 558 g/mol. The first-order valence-electron chi connectivity index (χ1n) is 13.4. The van der Waals surface area contributed by atoms with Gasteiger partial charge in [-0.3, -0.25) is 23.3 Å². The van der Waals surface area contributed by atoms with E-state index < -0.39 is 10.8 Å². The number of rotatable bonds is 6. The van der Waals surface area contributed by atoms with E-state index in [-0.39, 0.29) is 17.5 Å². The highest BCUT2D eigenvalue weighted by molar-refractivity contribution is 7.84. The lowest BCUT2D eigenvalue weighted by Gasteiger charge is -2.37. The molecule has 9 heteroatoms. The van der Waals surface area contributed by atoms with Crippen LogP contribution in [0.25, 0.3) is 10.8 Å². The minimum atomic E-state index is -1.13. The predicted molar refractivity (Wildman–Crippen MR) is 162 cm³/mol. The van der Waals surface area contributed by atoms with Crippen LogP contribution in [0.15, 0.2) is 70.5 Å². The number of hydrogen-bond donors (Lipinski definition) is 1. The first-order chi connectivity index (χ1) is 19.2. The third-order valence-electron chi connectivity index (χ3n) is 7.67. The summed E-state index contributed by atoms with van der Waals surface area (Å²) in [5.41, 5.74) is 4.13. The van der Waals surface area contributed by atoms with Crippen LogP contribution < -0.4 is 15.8 Å². The molecule has 1 aliphatic rings. The minimum Gasteiger partial charge on any atom is -0.378 e. The number of aryl methyl sites for hydroxylation is 2. The number of hydrogen-bond acceptors (Lipinski definition) is 6. The molecule has 0 radical (unpaired) electrons. The van der Waals surface area contributed by atoms with Crippen molar-refractivity contribution in [2.45, 2.75) is 31.7 Å².